The minimum atomic E-state index is -3.72. The summed E-state index contributed by atoms with van der Waals surface area (Å²) in [4.78, 5) is 11.4. The standard InChI is InChI=1S/C14H20N2O4S/c1-3-20-13-8-12(15)14(13)16-21(18,19)11-6-4-5-10(7-11)9(2)17/h4-7,12-14,16H,3,8,15H2,1-2H3. The fourth-order valence-corrected chi connectivity index (χ4v) is 3.68. The lowest BCUT2D eigenvalue weighted by atomic mass is 9.84. The SMILES string of the molecule is CCOC1CC(N)C1NS(=O)(=O)c1cccc(C(C)=O)c1. The van der Waals surface area contributed by atoms with E-state index in [4.69, 9.17) is 10.5 Å². The Labute approximate surface area is 124 Å². The molecular formula is C14H20N2O4S. The molecule has 3 N–H and O–H groups in total. The number of carbonyl (C=O) groups is 1. The normalized spacial score (nSPS) is 25.4. The van der Waals surface area contributed by atoms with Gasteiger partial charge in [0.25, 0.3) is 0 Å². The number of sulfonamides is 1. The zero-order chi connectivity index (χ0) is 15.6. The predicted octanol–water partition coefficient (Wildman–Crippen LogP) is 0.672. The number of nitrogens with one attached hydrogen (secondary N) is 1. The van der Waals surface area contributed by atoms with Crippen LogP contribution in [0, 0.1) is 0 Å². The molecule has 0 amide bonds. The monoisotopic (exact) mass is 312 g/mol. The number of benzene rings is 1. The maximum Gasteiger partial charge on any atom is 0.240 e. The van der Waals surface area contributed by atoms with E-state index in [1.54, 1.807) is 12.1 Å². The summed E-state index contributed by atoms with van der Waals surface area (Å²) >= 11 is 0. The second kappa shape index (κ2) is 6.23. The van der Waals surface area contributed by atoms with E-state index in [2.05, 4.69) is 4.72 Å². The van der Waals surface area contributed by atoms with Crippen LogP contribution in [0.2, 0.25) is 0 Å². The number of Topliss-reactive ketones (excluding diaryl/α,β-unsaturated/α-hetero) is 1. The summed E-state index contributed by atoms with van der Waals surface area (Å²) in [6.07, 6.45) is 0.435. The van der Waals surface area contributed by atoms with Crippen LogP contribution in [0.15, 0.2) is 29.2 Å². The molecule has 2 rings (SSSR count). The van der Waals surface area contributed by atoms with Crippen LogP contribution < -0.4 is 10.5 Å². The Morgan fingerprint density at radius 1 is 1.48 bits per heavy atom. The molecule has 0 bridgehead atoms. The van der Waals surface area contributed by atoms with Crippen molar-refractivity contribution in [2.75, 3.05) is 6.61 Å². The average molecular weight is 312 g/mol. The zero-order valence-corrected chi connectivity index (χ0v) is 12.9. The highest BCUT2D eigenvalue weighted by atomic mass is 32.2. The smallest absolute Gasteiger partial charge is 0.240 e. The quantitative estimate of drug-likeness (QED) is 0.752. The molecule has 1 aromatic rings. The largest absolute Gasteiger partial charge is 0.377 e. The van der Waals surface area contributed by atoms with Crippen LogP contribution in [0.1, 0.15) is 30.6 Å². The molecule has 0 radical (unpaired) electrons. The van der Waals surface area contributed by atoms with Crippen LogP contribution >= 0.6 is 0 Å². The lowest BCUT2D eigenvalue weighted by Gasteiger charge is -2.42. The van der Waals surface area contributed by atoms with E-state index < -0.39 is 16.1 Å². The molecule has 1 aliphatic carbocycles. The van der Waals surface area contributed by atoms with E-state index in [1.165, 1.54) is 19.1 Å². The van der Waals surface area contributed by atoms with Crippen molar-refractivity contribution in [2.45, 2.75) is 43.4 Å². The highest BCUT2D eigenvalue weighted by Gasteiger charge is 2.42. The third kappa shape index (κ3) is 3.49. The molecule has 0 heterocycles. The number of hydrogen-bond donors (Lipinski definition) is 2. The molecule has 6 nitrogen and oxygen atoms in total. The van der Waals surface area contributed by atoms with Crippen molar-refractivity contribution in [2.24, 2.45) is 5.73 Å². The van der Waals surface area contributed by atoms with Crippen LogP contribution in [0.25, 0.3) is 0 Å². The van der Waals surface area contributed by atoms with Gasteiger partial charge in [-0.1, -0.05) is 12.1 Å². The minimum Gasteiger partial charge on any atom is -0.377 e. The van der Waals surface area contributed by atoms with E-state index >= 15 is 0 Å². The number of hydrogen-bond acceptors (Lipinski definition) is 5. The van der Waals surface area contributed by atoms with Gasteiger partial charge >= 0.3 is 0 Å². The molecular weight excluding hydrogens is 292 g/mol. The molecule has 0 aliphatic heterocycles. The molecule has 0 saturated heterocycles. The van der Waals surface area contributed by atoms with Crippen LogP contribution in [0.3, 0.4) is 0 Å². The second-order valence-corrected chi connectivity index (χ2v) is 6.84. The van der Waals surface area contributed by atoms with Crippen LogP contribution in [-0.4, -0.2) is 39.0 Å². The molecule has 1 saturated carbocycles. The van der Waals surface area contributed by atoms with Crippen LogP contribution in [-0.2, 0) is 14.8 Å². The van der Waals surface area contributed by atoms with Crippen molar-refractivity contribution in [3.05, 3.63) is 29.8 Å². The van der Waals surface area contributed by atoms with Crippen molar-refractivity contribution in [3.8, 4) is 0 Å². The summed E-state index contributed by atoms with van der Waals surface area (Å²) in [7, 11) is -3.72. The molecule has 0 aromatic heterocycles. The van der Waals surface area contributed by atoms with Crippen molar-refractivity contribution in [3.63, 3.8) is 0 Å². The first-order chi connectivity index (χ1) is 9.85. The molecule has 21 heavy (non-hydrogen) atoms. The van der Waals surface area contributed by atoms with Gasteiger partial charge < -0.3 is 10.5 Å². The summed E-state index contributed by atoms with van der Waals surface area (Å²) in [5.74, 6) is -0.181. The Bertz CT molecular complexity index is 628. The van der Waals surface area contributed by atoms with Crippen LogP contribution in [0.5, 0.6) is 0 Å². The summed E-state index contributed by atoms with van der Waals surface area (Å²) in [5.41, 5.74) is 6.20. The topological polar surface area (TPSA) is 98.5 Å². The van der Waals surface area contributed by atoms with E-state index in [0.29, 0.717) is 18.6 Å². The summed E-state index contributed by atoms with van der Waals surface area (Å²) in [6.45, 7) is 3.76. The van der Waals surface area contributed by atoms with Gasteiger partial charge in [0, 0.05) is 18.2 Å². The first-order valence-electron chi connectivity index (χ1n) is 6.85. The first kappa shape index (κ1) is 16.1. The van der Waals surface area contributed by atoms with E-state index in [9.17, 15) is 13.2 Å². The van der Waals surface area contributed by atoms with Gasteiger partial charge in [0.2, 0.25) is 10.0 Å². The first-order valence-corrected chi connectivity index (χ1v) is 8.34. The van der Waals surface area contributed by atoms with E-state index in [1.807, 2.05) is 6.92 Å². The summed E-state index contributed by atoms with van der Waals surface area (Å²) in [6, 6.07) is 5.26. The predicted molar refractivity (Wildman–Crippen MR) is 78.6 cm³/mol. The number of ketones is 1. The summed E-state index contributed by atoms with van der Waals surface area (Å²) < 4.78 is 32.8. The van der Waals surface area contributed by atoms with Crippen molar-refractivity contribution >= 4 is 15.8 Å². The highest BCUT2D eigenvalue weighted by Crippen LogP contribution is 2.24. The Hall–Kier alpha value is -1.28. The molecule has 1 aromatic carbocycles. The van der Waals surface area contributed by atoms with Crippen LogP contribution in [0.4, 0.5) is 0 Å². The maximum absolute atomic E-state index is 12.4. The highest BCUT2D eigenvalue weighted by molar-refractivity contribution is 7.89. The Morgan fingerprint density at radius 3 is 2.76 bits per heavy atom. The molecule has 7 heteroatoms. The number of rotatable bonds is 6. The van der Waals surface area contributed by atoms with Gasteiger partial charge in [-0.05, 0) is 32.4 Å². The van der Waals surface area contributed by atoms with Crippen molar-refractivity contribution < 1.29 is 17.9 Å². The van der Waals surface area contributed by atoms with E-state index in [-0.39, 0.29) is 22.8 Å². The molecule has 1 fully saturated rings. The fourth-order valence-electron chi connectivity index (χ4n) is 2.32. The van der Waals surface area contributed by atoms with Gasteiger partial charge in [-0.15, -0.1) is 0 Å². The van der Waals surface area contributed by atoms with Gasteiger partial charge in [0.15, 0.2) is 5.78 Å². The van der Waals surface area contributed by atoms with Gasteiger partial charge in [-0.2, -0.15) is 0 Å². The Kier molecular flexibility index (Phi) is 4.77. The molecule has 3 unspecified atom stereocenters. The van der Waals surface area contributed by atoms with Gasteiger partial charge in [0.1, 0.15) is 0 Å². The lowest BCUT2D eigenvalue weighted by Crippen LogP contribution is -2.64. The minimum absolute atomic E-state index is 0.0598. The molecule has 3 atom stereocenters. The molecule has 116 valence electrons. The average Bonchev–Trinajstić information content (AvgIpc) is 2.45. The Morgan fingerprint density at radius 2 is 2.19 bits per heavy atom. The number of nitrogens with two attached hydrogens (primary N) is 1. The van der Waals surface area contributed by atoms with Crippen molar-refractivity contribution in [1.29, 1.82) is 0 Å². The van der Waals surface area contributed by atoms with Crippen molar-refractivity contribution in [1.82, 2.24) is 4.72 Å². The van der Waals surface area contributed by atoms with Gasteiger partial charge in [-0.3, -0.25) is 4.79 Å². The Balaban J connectivity index is 2.18. The third-order valence-electron chi connectivity index (χ3n) is 3.59. The fraction of sp³-hybridized carbons (Fsp3) is 0.500. The summed E-state index contributed by atoms with van der Waals surface area (Å²) in [5, 5.41) is 0. The third-order valence-corrected chi connectivity index (χ3v) is 5.05. The maximum atomic E-state index is 12.4. The van der Waals surface area contributed by atoms with E-state index in [0.717, 1.165) is 0 Å². The van der Waals surface area contributed by atoms with Gasteiger partial charge in [-0.25, -0.2) is 13.1 Å². The number of ether oxygens (including phenoxy) is 1. The zero-order valence-electron chi connectivity index (χ0n) is 12.1. The van der Waals surface area contributed by atoms with Gasteiger partial charge in [0.05, 0.1) is 17.0 Å². The second-order valence-electron chi connectivity index (χ2n) is 5.12. The molecule has 0 spiro atoms. The molecule has 1 aliphatic rings. The lowest BCUT2D eigenvalue weighted by molar-refractivity contribution is -0.0248. The number of carbonyl (C=O) groups excluding carboxylic acids is 1.